The van der Waals surface area contributed by atoms with Crippen LogP contribution in [-0.2, 0) is 21.0 Å². The second-order valence-electron chi connectivity index (χ2n) is 8.37. The first-order chi connectivity index (χ1) is 17.2. The average molecular weight is 500 g/mol. The van der Waals surface area contributed by atoms with Gasteiger partial charge in [-0.15, -0.1) is 0 Å². The molecule has 3 amide bonds. The van der Waals surface area contributed by atoms with Gasteiger partial charge in [-0.3, -0.25) is 14.9 Å². The van der Waals surface area contributed by atoms with Crippen LogP contribution >= 0.6 is 0 Å². The number of hydrogen-bond acceptors (Lipinski definition) is 7. The molecule has 0 aromatic heterocycles. The molecule has 0 bridgehead atoms. The SMILES string of the molecule is CCOc1cc([C@@H](CC(=O)NOC(=O)C(C)C)N2Cc3cccc(NC(=O)O)c3C2=O)ccc1OC. The standard InChI is InChI=1S/C25H29N3O8/c1-5-35-20-11-15(9-10-19(20)34-4)18(12-21(29)27-36-24(31)14(2)3)28-13-16-7-6-8-17(26-25(32)33)22(16)23(28)30/h6-11,14,18,26H,5,12-13H2,1-4H3,(H,27,29)(H,32,33)/t18-/m1/s1. The van der Waals surface area contributed by atoms with Gasteiger partial charge < -0.3 is 24.3 Å². The van der Waals surface area contributed by atoms with Gasteiger partial charge in [0.2, 0.25) is 0 Å². The molecular weight excluding hydrogens is 470 g/mol. The Kier molecular flexibility index (Phi) is 8.36. The van der Waals surface area contributed by atoms with Gasteiger partial charge in [-0.2, -0.15) is 5.48 Å². The Bertz CT molecular complexity index is 1160. The molecule has 1 atom stereocenters. The van der Waals surface area contributed by atoms with Gasteiger partial charge in [-0.25, -0.2) is 9.59 Å². The van der Waals surface area contributed by atoms with E-state index in [1.807, 2.05) is 6.92 Å². The molecule has 0 fully saturated rings. The van der Waals surface area contributed by atoms with Gasteiger partial charge in [0.1, 0.15) is 0 Å². The Labute approximate surface area is 208 Å². The van der Waals surface area contributed by atoms with Gasteiger partial charge in [-0.05, 0) is 36.2 Å². The largest absolute Gasteiger partial charge is 0.493 e. The van der Waals surface area contributed by atoms with Gasteiger partial charge in [0.25, 0.3) is 11.8 Å². The van der Waals surface area contributed by atoms with Crippen LogP contribution in [0.15, 0.2) is 36.4 Å². The Morgan fingerprint density at radius 2 is 1.89 bits per heavy atom. The predicted octanol–water partition coefficient (Wildman–Crippen LogP) is 3.50. The van der Waals surface area contributed by atoms with E-state index in [0.29, 0.717) is 29.2 Å². The van der Waals surface area contributed by atoms with E-state index < -0.39 is 35.8 Å². The van der Waals surface area contributed by atoms with Gasteiger partial charge in [-0.1, -0.05) is 32.0 Å². The number of nitrogens with one attached hydrogen (secondary N) is 2. The lowest BCUT2D eigenvalue weighted by molar-refractivity contribution is -0.161. The van der Waals surface area contributed by atoms with Gasteiger partial charge in [0, 0.05) is 6.54 Å². The molecule has 1 heterocycles. The van der Waals surface area contributed by atoms with E-state index in [2.05, 4.69) is 10.8 Å². The molecule has 3 rings (SSSR count). The number of carbonyl (C=O) groups excluding carboxylic acids is 3. The molecule has 36 heavy (non-hydrogen) atoms. The van der Waals surface area contributed by atoms with Crippen molar-refractivity contribution in [2.45, 2.75) is 39.8 Å². The lowest BCUT2D eigenvalue weighted by Gasteiger charge is -2.28. The van der Waals surface area contributed by atoms with Crippen molar-refractivity contribution < 1.29 is 38.6 Å². The first-order valence-electron chi connectivity index (χ1n) is 11.4. The molecule has 0 unspecified atom stereocenters. The minimum absolute atomic E-state index is 0.142. The zero-order valence-electron chi connectivity index (χ0n) is 20.5. The molecule has 2 aromatic carbocycles. The Hall–Kier alpha value is -4.28. The molecule has 0 radical (unpaired) electrons. The number of anilines is 1. The molecule has 3 N–H and O–H groups in total. The maximum Gasteiger partial charge on any atom is 0.409 e. The lowest BCUT2D eigenvalue weighted by Crippen LogP contribution is -2.35. The fraction of sp³-hybridized carbons (Fsp3) is 0.360. The van der Waals surface area contributed by atoms with Crippen molar-refractivity contribution in [3.8, 4) is 11.5 Å². The van der Waals surface area contributed by atoms with Crippen molar-refractivity contribution in [1.82, 2.24) is 10.4 Å². The van der Waals surface area contributed by atoms with Crippen molar-refractivity contribution in [3.05, 3.63) is 53.1 Å². The van der Waals surface area contributed by atoms with Gasteiger partial charge in [0.05, 0.1) is 43.3 Å². The van der Waals surface area contributed by atoms with E-state index in [0.717, 1.165) is 0 Å². The van der Waals surface area contributed by atoms with Crippen molar-refractivity contribution in [1.29, 1.82) is 0 Å². The number of fused-ring (bicyclic) bond motifs is 1. The van der Waals surface area contributed by atoms with Crippen LogP contribution in [0.1, 0.15) is 54.7 Å². The molecule has 11 nitrogen and oxygen atoms in total. The van der Waals surface area contributed by atoms with E-state index >= 15 is 0 Å². The number of ether oxygens (including phenoxy) is 2. The van der Waals surface area contributed by atoms with E-state index in [-0.39, 0.29) is 24.2 Å². The Balaban J connectivity index is 1.97. The maximum atomic E-state index is 13.5. The monoisotopic (exact) mass is 499 g/mol. The fourth-order valence-corrected chi connectivity index (χ4v) is 3.87. The summed E-state index contributed by atoms with van der Waals surface area (Å²) in [6, 6.07) is 9.16. The quantitative estimate of drug-likeness (QED) is 0.445. The number of carbonyl (C=O) groups is 4. The van der Waals surface area contributed by atoms with Crippen LogP contribution in [0.25, 0.3) is 0 Å². The molecule has 11 heteroatoms. The van der Waals surface area contributed by atoms with Crippen molar-refractivity contribution in [2.24, 2.45) is 5.92 Å². The third-order valence-electron chi connectivity index (χ3n) is 5.57. The number of hydroxylamine groups is 1. The molecule has 0 aliphatic carbocycles. The van der Waals surface area contributed by atoms with Crippen molar-refractivity contribution >= 4 is 29.6 Å². The summed E-state index contributed by atoms with van der Waals surface area (Å²) in [5.74, 6) is -1.18. The van der Waals surface area contributed by atoms with E-state index in [1.54, 1.807) is 44.2 Å². The number of benzene rings is 2. The number of methoxy groups -OCH3 is 1. The first kappa shape index (κ1) is 26.3. The predicted molar refractivity (Wildman–Crippen MR) is 129 cm³/mol. The minimum atomic E-state index is -1.30. The van der Waals surface area contributed by atoms with E-state index in [4.69, 9.17) is 14.3 Å². The summed E-state index contributed by atoms with van der Waals surface area (Å²) in [5, 5.41) is 11.4. The molecular formula is C25H29N3O8. The van der Waals surface area contributed by atoms with Crippen molar-refractivity contribution in [2.75, 3.05) is 19.0 Å². The third-order valence-corrected chi connectivity index (χ3v) is 5.57. The summed E-state index contributed by atoms with van der Waals surface area (Å²) in [6.07, 6.45) is -1.53. The molecule has 0 spiro atoms. The number of amides is 3. The second kappa shape index (κ2) is 11.4. The average Bonchev–Trinajstić information content (AvgIpc) is 3.17. The number of rotatable bonds is 9. The molecule has 0 saturated heterocycles. The zero-order chi connectivity index (χ0) is 26.4. The number of carboxylic acid groups (broad SMARTS) is 1. The van der Waals surface area contributed by atoms with Crippen molar-refractivity contribution in [3.63, 3.8) is 0 Å². The summed E-state index contributed by atoms with van der Waals surface area (Å²) in [4.78, 5) is 55.6. The van der Waals surface area contributed by atoms with Crippen LogP contribution in [0.5, 0.6) is 11.5 Å². The lowest BCUT2D eigenvalue weighted by atomic mass is 10.0. The number of hydrogen-bond donors (Lipinski definition) is 3. The maximum absolute atomic E-state index is 13.5. The van der Waals surface area contributed by atoms with Crippen LogP contribution in [0, 0.1) is 5.92 Å². The summed E-state index contributed by atoms with van der Waals surface area (Å²) >= 11 is 0. The fourth-order valence-electron chi connectivity index (χ4n) is 3.87. The summed E-state index contributed by atoms with van der Waals surface area (Å²) in [6.45, 7) is 5.59. The Morgan fingerprint density at radius 1 is 1.14 bits per heavy atom. The second-order valence-corrected chi connectivity index (χ2v) is 8.37. The van der Waals surface area contributed by atoms with Crippen LogP contribution in [0.2, 0.25) is 0 Å². The summed E-state index contributed by atoms with van der Waals surface area (Å²) in [5.41, 5.74) is 3.72. The number of nitrogens with zero attached hydrogens (tertiary/aromatic N) is 1. The smallest absolute Gasteiger partial charge is 0.409 e. The first-order valence-corrected chi connectivity index (χ1v) is 11.4. The topological polar surface area (TPSA) is 144 Å². The van der Waals surface area contributed by atoms with E-state index in [1.165, 1.54) is 18.1 Å². The van der Waals surface area contributed by atoms with Crippen LogP contribution < -0.4 is 20.3 Å². The van der Waals surface area contributed by atoms with Gasteiger partial charge in [0.15, 0.2) is 11.5 Å². The Morgan fingerprint density at radius 3 is 2.53 bits per heavy atom. The summed E-state index contributed by atoms with van der Waals surface area (Å²) in [7, 11) is 1.50. The third kappa shape index (κ3) is 5.85. The zero-order valence-corrected chi connectivity index (χ0v) is 20.5. The van der Waals surface area contributed by atoms with Crippen LogP contribution in [-0.4, -0.2) is 47.6 Å². The van der Waals surface area contributed by atoms with E-state index in [9.17, 15) is 24.3 Å². The normalized spacial score (nSPS) is 13.1. The molecule has 2 aromatic rings. The highest BCUT2D eigenvalue weighted by Crippen LogP contribution is 2.39. The molecule has 0 saturated carbocycles. The van der Waals surface area contributed by atoms with Crippen LogP contribution in [0.3, 0.4) is 0 Å². The minimum Gasteiger partial charge on any atom is -0.493 e. The molecule has 1 aliphatic heterocycles. The highest BCUT2D eigenvalue weighted by molar-refractivity contribution is 6.06. The molecule has 1 aliphatic rings. The highest BCUT2D eigenvalue weighted by Gasteiger charge is 2.37. The molecule has 192 valence electrons. The summed E-state index contributed by atoms with van der Waals surface area (Å²) < 4.78 is 11.0. The highest BCUT2D eigenvalue weighted by atomic mass is 16.7. The van der Waals surface area contributed by atoms with Crippen LogP contribution in [0.4, 0.5) is 10.5 Å². The van der Waals surface area contributed by atoms with Gasteiger partial charge >= 0.3 is 12.1 Å².